The molecule has 0 saturated carbocycles. The first-order valence-corrected chi connectivity index (χ1v) is 8.90. The van der Waals surface area contributed by atoms with E-state index in [9.17, 15) is 13.2 Å². The predicted octanol–water partition coefficient (Wildman–Crippen LogP) is 0.948. The zero-order valence-electron chi connectivity index (χ0n) is 12.8. The maximum atomic E-state index is 12.5. The topological polar surface area (TPSA) is 82.9 Å². The molecule has 124 valence electrons. The molecule has 1 saturated heterocycles. The lowest BCUT2D eigenvalue weighted by Crippen LogP contribution is -2.46. The number of amides is 1. The average molecular weight is 329 g/mol. The number of carbonyl (C=O) groups is 1. The van der Waals surface area contributed by atoms with Crippen LogP contribution in [-0.2, 0) is 21.5 Å². The molecular formula is C14H23N3O4S. The first kappa shape index (κ1) is 17.0. The van der Waals surface area contributed by atoms with Crippen molar-refractivity contribution in [3.63, 3.8) is 0 Å². The Morgan fingerprint density at radius 1 is 1.32 bits per heavy atom. The minimum Gasteiger partial charge on any atom is -0.467 e. The summed E-state index contributed by atoms with van der Waals surface area (Å²) in [5.41, 5.74) is 0. The normalized spacial score (nSPS) is 17.4. The van der Waals surface area contributed by atoms with Gasteiger partial charge in [0.1, 0.15) is 5.76 Å². The van der Waals surface area contributed by atoms with Gasteiger partial charge in [-0.25, -0.2) is 0 Å². The second-order valence-electron chi connectivity index (χ2n) is 5.43. The molecule has 0 bridgehead atoms. The fourth-order valence-electron chi connectivity index (χ4n) is 2.41. The summed E-state index contributed by atoms with van der Waals surface area (Å²) in [5, 5.41) is 2.65. The molecule has 1 aromatic heterocycles. The molecule has 1 N–H and O–H groups in total. The van der Waals surface area contributed by atoms with Crippen LogP contribution in [0.2, 0.25) is 0 Å². The van der Waals surface area contributed by atoms with E-state index in [-0.39, 0.29) is 19.0 Å². The van der Waals surface area contributed by atoms with Gasteiger partial charge in [0.05, 0.1) is 19.4 Å². The minimum absolute atomic E-state index is 0.195. The van der Waals surface area contributed by atoms with E-state index >= 15 is 0 Å². The van der Waals surface area contributed by atoms with Gasteiger partial charge in [-0.2, -0.15) is 17.0 Å². The zero-order valence-corrected chi connectivity index (χ0v) is 13.6. The summed E-state index contributed by atoms with van der Waals surface area (Å²) in [6.07, 6.45) is 5.38. The van der Waals surface area contributed by atoms with Crippen LogP contribution < -0.4 is 5.32 Å². The van der Waals surface area contributed by atoms with Crippen LogP contribution in [0, 0.1) is 0 Å². The van der Waals surface area contributed by atoms with Gasteiger partial charge in [-0.1, -0.05) is 12.8 Å². The van der Waals surface area contributed by atoms with Crippen LogP contribution in [0.1, 0.15) is 31.4 Å². The summed E-state index contributed by atoms with van der Waals surface area (Å²) in [6.45, 7) is 1.12. The van der Waals surface area contributed by atoms with Crippen LogP contribution >= 0.6 is 0 Å². The third kappa shape index (κ3) is 4.56. The third-order valence-corrected chi connectivity index (χ3v) is 5.63. The van der Waals surface area contributed by atoms with Crippen molar-refractivity contribution in [2.24, 2.45) is 0 Å². The monoisotopic (exact) mass is 329 g/mol. The second-order valence-corrected chi connectivity index (χ2v) is 7.47. The fraction of sp³-hybridized carbons (Fsp3) is 0.643. The van der Waals surface area contributed by atoms with Crippen molar-refractivity contribution >= 4 is 16.1 Å². The van der Waals surface area contributed by atoms with Crippen molar-refractivity contribution in [2.45, 2.75) is 32.2 Å². The Morgan fingerprint density at radius 2 is 2.00 bits per heavy atom. The molecule has 0 aliphatic carbocycles. The van der Waals surface area contributed by atoms with Gasteiger partial charge in [0.2, 0.25) is 5.91 Å². The van der Waals surface area contributed by atoms with Crippen molar-refractivity contribution in [1.82, 2.24) is 13.9 Å². The quantitative estimate of drug-likeness (QED) is 0.842. The van der Waals surface area contributed by atoms with Gasteiger partial charge in [-0.15, -0.1) is 0 Å². The second kappa shape index (κ2) is 7.75. The standard InChI is InChI=1S/C14H23N3O4S/c1-16(12-14(18)15-11-13-7-6-10-21-13)22(19,20)17-8-4-2-3-5-9-17/h6-7,10H,2-5,8-9,11-12H2,1H3,(H,15,18). The Labute approximate surface area is 131 Å². The highest BCUT2D eigenvalue weighted by atomic mass is 32.2. The van der Waals surface area contributed by atoms with Crippen LogP contribution in [0.5, 0.6) is 0 Å². The fourth-order valence-corrected chi connectivity index (χ4v) is 3.80. The number of carbonyl (C=O) groups excluding carboxylic acids is 1. The van der Waals surface area contributed by atoms with E-state index < -0.39 is 10.2 Å². The van der Waals surface area contributed by atoms with Gasteiger partial charge in [-0.3, -0.25) is 4.79 Å². The van der Waals surface area contributed by atoms with Crippen molar-refractivity contribution in [1.29, 1.82) is 0 Å². The highest BCUT2D eigenvalue weighted by Crippen LogP contribution is 2.15. The molecule has 0 spiro atoms. The SMILES string of the molecule is CN(CC(=O)NCc1ccco1)S(=O)(=O)N1CCCCCC1. The third-order valence-electron chi connectivity index (χ3n) is 3.69. The van der Waals surface area contributed by atoms with E-state index in [2.05, 4.69) is 5.32 Å². The molecular weight excluding hydrogens is 306 g/mol. The lowest BCUT2D eigenvalue weighted by molar-refractivity contribution is -0.121. The van der Waals surface area contributed by atoms with Crippen molar-refractivity contribution in [3.05, 3.63) is 24.2 Å². The number of furan rings is 1. The predicted molar refractivity (Wildman–Crippen MR) is 82.1 cm³/mol. The molecule has 1 aliphatic rings. The summed E-state index contributed by atoms with van der Waals surface area (Å²) in [6, 6.07) is 3.48. The van der Waals surface area contributed by atoms with Crippen LogP contribution in [0.3, 0.4) is 0 Å². The Morgan fingerprint density at radius 3 is 2.59 bits per heavy atom. The molecule has 0 unspecified atom stereocenters. The van der Waals surface area contributed by atoms with Crippen LogP contribution in [0.15, 0.2) is 22.8 Å². The highest BCUT2D eigenvalue weighted by Gasteiger charge is 2.28. The molecule has 1 aliphatic heterocycles. The van der Waals surface area contributed by atoms with Crippen LogP contribution in [-0.4, -0.2) is 49.6 Å². The number of nitrogens with one attached hydrogen (secondary N) is 1. The van der Waals surface area contributed by atoms with E-state index in [1.807, 2.05) is 0 Å². The summed E-state index contributed by atoms with van der Waals surface area (Å²) in [7, 11) is -2.13. The van der Waals surface area contributed by atoms with E-state index in [1.54, 1.807) is 12.1 Å². The number of nitrogens with zero attached hydrogens (tertiary/aromatic N) is 2. The largest absolute Gasteiger partial charge is 0.467 e. The van der Waals surface area contributed by atoms with Gasteiger partial charge >= 0.3 is 0 Å². The van der Waals surface area contributed by atoms with Gasteiger partial charge < -0.3 is 9.73 Å². The van der Waals surface area contributed by atoms with Crippen molar-refractivity contribution in [2.75, 3.05) is 26.7 Å². The number of hydrogen-bond donors (Lipinski definition) is 1. The number of likely N-dealkylation sites (N-methyl/N-ethyl adjacent to an activating group) is 1. The molecule has 0 radical (unpaired) electrons. The molecule has 8 heteroatoms. The molecule has 2 rings (SSSR count). The summed E-state index contributed by atoms with van der Waals surface area (Å²) >= 11 is 0. The summed E-state index contributed by atoms with van der Waals surface area (Å²) < 4.78 is 32.6. The average Bonchev–Trinajstić information content (AvgIpc) is 2.84. The Bertz CT molecular complexity index is 563. The zero-order chi connectivity index (χ0) is 16.0. The molecule has 1 amide bonds. The summed E-state index contributed by atoms with van der Waals surface area (Å²) in [4.78, 5) is 11.9. The summed E-state index contributed by atoms with van der Waals surface area (Å²) in [5.74, 6) is 0.281. The first-order valence-electron chi connectivity index (χ1n) is 7.50. The van der Waals surface area contributed by atoms with E-state index in [0.717, 1.165) is 30.0 Å². The van der Waals surface area contributed by atoms with Gasteiger partial charge in [0, 0.05) is 20.1 Å². The number of hydrogen-bond acceptors (Lipinski definition) is 4. The van der Waals surface area contributed by atoms with E-state index in [1.165, 1.54) is 17.6 Å². The lowest BCUT2D eigenvalue weighted by atomic mass is 10.2. The van der Waals surface area contributed by atoms with E-state index in [0.29, 0.717) is 18.8 Å². The Hall–Kier alpha value is -1.38. The van der Waals surface area contributed by atoms with Gasteiger partial charge in [-0.05, 0) is 25.0 Å². The first-order chi connectivity index (χ1) is 10.5. The van der Waals surface area contributed by atoms with Crippen LogP contribution in [0.25, 0.3) is 0 Å². The Balaban J connectivity index is 1.86. The smallest absolute Gasteiger partial charge is 0.282 e. The minimum atomic E-state index is -3.57. The lowest BCUT2D eigenvalue weighted by Gasteiger charge is -2.25. The highest BCUT2D eigenvalue weighted by molar-refractivity contribution is 7.86. The molecule has 2 heterocycles. The number of rotatable bonds is 6. The molecule has 0 atom stereocenters. The molecule has 7 nitrogen and oxygen atoms in total. The maximum absolute atomic E-state index is 12.5. The molecule has 22 heavy (non-hydrogen) atoms. The Kier molecular flexibility index (Phi) is 5.98. The van der Waals surface area contributed by atoms with E-state index in [4.69, 9.17) is 4.42 Å². The van der Waals surface area contributed by atoms with Crippen LogP contribution in [0.4, 0.5) is 0 Å². The molecule has 0 aromatic carbocycles. The van der Waals surface area contributed by atoms with Gasteiger partial charge in [0.25, 0.3) is 10.2 Å². The van der Waals surface area contributed by atoms with Crippen molar-refractivity contribution in [3.8, 4) is 0 Å². The molecule has 1 aromatic rings. The van der Waals surface area contributed by atoms with Crippen molar-refractivity contribution < 1.29 is 17.6 Å². The maximum Gasteiger partial charge on any atom is 0.282 e. The molecule has 1 fully saturated rings. The van der Waals surface area contributed by atoms with Gasteiger partial charge in [0.15, 0.2) is 0 Å².